The van der Waals surface area contributed by atoms with Crippen LogP contribution in [0.25, 0.3) is 0 Å². The summed E-state index contributed by atoms with van der Waals surface area (Å²) in [7, 11) is 0. The van der Waals surface area contributed by atoms with Gasteiger partial charge in [0.1, 0.15) is 5.75 Å². The molecule has 0 saturated carbocycles. The molecule has 6 nitrogen and oxygen atoms in total. The second-order valence-corrected chi connectivity index (χ2v) is 6.40. The molecule has 0 saturated heterocycles. The Morgan fingerprint density at radius 1 is 1.20 bits per heavy atom. The third-order valence-electron chi connectivity index (χ3n) is 3.68. The van der Waals surface area contributed by atoms with Gasteiger partial charge >= 0.3 is 6.18 Å². The second kappa shape index (κ2) is 10.9. The summed E-state index contributed by atoms with van der Waals surface area (Å²) in [6, 6.07) is 11.8. The molecule has 0 radical (unpaired) electrons. The van der Waals surface area contributed by atoms with Crippen molar-refractivity contribution >= 4 is 17.6 Å². The van der Waals surface area contributed by atoms with Crippen LogP contribution in [0.2, 0.25) is 0 Å². The molecule has 0 aromatic heterocycles. The summed E-state index contributed by atoms with van der Waals surface area (Å²) in [6.07, 6.45) is -4.67. The van der Waals surface area contributed by atoms with Gasteiger partial charge in [-0.3, -0.25) is 9.59 Å². The maximum absolute atomic E-state index is 13.0. The van der Waals surface area contributed by atoms with Gasteiger partial charge in [-0.1, -0.05) is 24.6 Å². The van der Waals surface area contributed by atoms with Gasteiger partial charge in [0.05, 0.1) is 29.7 Å². The highest BCUT2D eigenvalue weighted by atomic mass is 19.4. The number of anilines is 1. The number of aryl methyl sites for hydroxylation is 1. The lowest BCUT2D eigenvalue weighted by Gasteiger charge is -2.15. The molecule has 0 aliphatic heterocycles. The van der Waals surface area contributed by atoms with Crippen molar-refractivity contribution < 1.29 is 32.6 Å². The second-order valence-electron chi connectivity index (χ2n) is 6.40. The number of rotatable bonds is 5. The number of ether oxygens (including phenoxy) is 1. The van der Waals surface area contributed by atoms with E-state index in [0.29, 0.717) is 5.75 Å². The van der Waals surface area contributed by atoms with Crippen molar-refractivity contribution in [1.82, 2.24) is 0 Å². The summed E-state index contributed by atoms with van der Waals surface area (Å²) in [5, 5.41) is 18.6. The fourth-order valence-electron chi connectivity index (χ4n) is 2.15. The minimum Gasteiger partial charge on any atom is -0.493 e. The van der Waals surface area contributed by atoms with Crippen molar-refractivity contribution in [2.24, 2.45) is 5.92 Å². The summed E-state index contributed by atoms with van der Waals surface area (Å²) >= 11 is 0. The molecule has 2 aromatic rings. The molecule has 9 heteroatoms. The molecule has 0 bridgehead atoms. The van der Waals surface area contributed by atoms with E-state index in [1.54, 1.807) is 19.1 Å². The van der Waals surface area contributed by atoms with Crippen molar-refractivity contribution in [1.29, 1.82) is 5.26 Å². The zero-order valence-corrected chi connectivity index (χ0v) is 16.6. The van der Waals surface area contributed by atoms with Crippen LogP contribution in [0, 0.1) is 24.2 Å². The molecule has 1 amide bonds. The van der Waals surface area contributed by atoms with Gasteiger partial charge in [-0.25, -0.2) is 0 Å². The molecular weight excluding hydrogens is 401 g/mol. The first-order valence-electron chi connectivity index (χ1n) is 8.75. The first-order chi connectivity index (χ1) is 13.9. The maximum atomic E-state index is 13.0. The van der Waals surface area contributed by atoms with Crippen LogP contribution in [-0.2, 0) is 15.8 Å². The Morgan fingerprint density at radius 3 is 2.27 bits per heavy atom. The van der Waals surface area contributed by atoms with E-state index in [-0.39, 0.29) is 12.3 Å². The van der Waals surface area contributed by atoms with E-state index in [2.05, 4.69) is 5.32 Å². The molecule has 2 N–H and O–H groups in total. The number of carboxylic acids is 1. The minimum absolute atomic E-state index is 0.0245. The number of hydrogen-bond acceptors (Lipinski definition) is 4. The number of hydrogen-bond donors (Lipinski definition) is 2. The molecule has 2 rings (SSSR count). The van der Waals surface area contributed by atoms with Crippen molar-refractivity contribution in [2.45, 2.75) is 26.9 Å². The smallest absolute Gasteiger partial charge is 0.417 e. The molecule has 0 spiro atoms. The van der Waals surface area contributed by atoms with Gasteiger partial charge in [0.25, 0.3) is 5.97 Å². The lowest BCUT2D eigenvalue weighted by atomic mass is 10.1. The van der Waals surface area contributed by atoms with E-state index in [4.69, 9.17) is 19.9 Å². The number of halogens is 3. The van der Waals surface area contributed by atoms with E-state index in [1.165, 1.54) is 12.1 Å². The molecular formula is C21H21F3N2O4. The van der Waals surface area contributed by atoms with E-state index in [0.717, 1.165) is 24.6 Å². The van der Waals surface area contributed by atoms with Crippen molar-refractivity contribution in [3.05, 3.63) is 59.2 Å². The Kier molecular flexibility index (Phi) is 8.86. The minimum atomic E-state index is -4.67. The topological polar surface area (TPSA) is 99.4 Å². The van der Waals surface area contributed by atoms with Gasteiger partial charge < -0.3 is 15.2 Å². The Labute approximate surface area is 171 Å². The highest BCUT2D eigenvalue weighted by Crippen LogP contribution is 2.33. The van der Waals surface area contributed by atoms with Crippen LogP contribution in [-0.4, -0.2) is 23.6 Å². The van der Waals surface area contributed by atoms with Crippen molar-refractivity contribution in [3.8, 4) is 11.8 Å². The molecule has 0 heterocycles. The van der Waals surface area contributed by atoms with Gasteiger partial charge in [0.15, 0.2) is 0 Å². The molecule has 1 unspecified atom stereocenters. The fraction of sp³-hybridized carbons (Fsp3) is 0.286. The molecule has 1 atom stereocenters. The maximum Gasteiger partial charge on any atom is 0.417 e. The standard InChI is InChI=1S/C19H17F3N2O2.C2H4O2/c1-12-3-7-16(8-4-12)26-11-13(2)18(25)24-15-6-5-14(10-23)17(9-15)19(20,21)22;1-2(3)4/h3-9,13H,11H2,1-2H3,(H,24,25);1H3,(H,3,4). The molecule has 160 valence electrons. The monoisotopic (exact) mass is 422 g/mol. The Morgan fingerprint density at radius 2 is 1.77 bits per heavy atom. The van der Waals surface area contributed by atoms with E-state index in [9.17, 15) is 18.0 Å². The zero-order valence-electron chi connectivity index (χ0n) is 16.6. The number of nitrogens with one attached hydrogen (secondary N) is 1. The first-order valence-corrected chi connectivity index (χ1v) is 8.75. The largest absolute Gasteiger partial charge is 0.493 e. The SMILES string of the molecule is CC(=O)O.Cc1ccc(OCC(C)C(=O)Nc2ccc(C#N)c(C(F)(F)F)c2)cc1. The summed E-state index contributed by atoms with van der Waals surface area (Å²) in [6.45, 7) is 4.71. The van der Waals surface area contributed by atoms with Crippen LogP contribution >= 0.6 is 0 Å². The number of carbonyl (C=O) groups excluding carboxylic acids is 1. The number of aliphatic carboxylic acids is 1. The summed E-state index contributed by atoms with van der Waals surface area (Å²) in [5.74, 6) is -1.29. The molecule has 30 heavy (non-hydrogen) atoms. The summed E-state index contributed by atoms with van der Waals surface area (Å²) in [4.78, 5) is 21.2. The van der Waals surface area contributed by atoms with E-state index < -0.39 is 35.1 Å². The van der Waals surface area contributed by atoms with Gasteiger partial charge in [0, 0.05) is 12.6 Å². The molecule has 2 aromatic carbocycles. The number of nitriles is 1. The van der Waals surface area contributed by atoms with Gasteiger partial charge in [-0.05, 0) is 37.3 Å². The van der Waals surface area contributed by atoms with Crippen LogP contribution < -0.4 is 10.1 Å². The lowest BCUT2D eigenvalue weighted by molar-refractivity contribution is -0.138. The molecule has 0 aliphatic rings. The van der Waals surface area contributed by atoms with Gasteiger partial charge in [-0.2, -0.15) is 18.4 Å². The third-order valence-corrected chi connectivity index (χ3v) is 3.68. The van der Waals surface area contributed by atoms with E-state index in [1.807, 2.05) is 19.1 Å². The van der Waals surface area contributed by atoms with Crippen LogP contribution in [0.1, 0.15) is 30.5 Å². The number of carboxylic acid groups (broad SMARTS) is 1. The van der Waals surface area contributed by atoms with Gasteiger partial charge in [0.2, 0.25) is 5.91 Å². The van der Waals surface area contributed by atoms with Crippen molar-refractivity contribution in [3.63, 3.8) is 0 Å². The third kappa shape index (κ3) is 8.22. The summed E-state index contributed by atoms with van der Waals surface area (Å²) < 4.78 is 44.4. The highest BCUT2D eigenvalue weighted by molar-refractivity contribution is 5.92. The molecule has 0 fully saturated rings. The predicted octanol–water partition coefficient (Wildman–Crippen LogP) is 4.63. The predicted molar refractivity (Wildman–Crippen MR) is 104 cm³/mol. The first kappa shape index (κ1) is 24.5. The lowest BCUT2D eigenvalue weighted by Crippen LogP contribution is -2.25. The number of alkyl halides is 3. The summed E-state index contributed by atoms with van der Waals surface area (Å²) in [5.41, 5.74) is -0.527. The Bertz CT molecular complexity index is 915. The van der Waals surface area contributed by atoms with Gasteiger partial charge in [-0.15, -0.1) is 0 Å². The number of nitrogens with zero attached hydrogens (tertiary/aromatic N) is 1. The quantitative estimate of drug-likeness (QED) is 0.732. The van der Waals surface area contributed by atoms with Crippen LogP contribution in [0.4, 0.5) is 18.9 Å². The molecule has 0 aliphatic carbocycles. The number of amides is 1. The van der Waals surface area contributed by atoms with E-state index >= 15 is 0 Å². The van der Waals surface area contributed by atoms with Crippen molar-refractivity contribution in [2.75, 3.05) is 11.9 Å². The fourth-order valence-corrected chi connectivity index (χ4v) is 2.15. The van der Waals surface area contributed by atoms with Crippen LogP contribution in [0.3, 0.4) is 0 Å². The number of carbonyl (C=O) groups is 2. The average molecular weight is 422 g/mol. The Balaban J connectivity index is 0.00000103. The van der Waals surface area contributed by atoms with Crippen LogP contribution in [0.5, 0.6) is 5.75 Å². The normalized spacial score (nSPS) is 11.4. The zero-order chi connectivity index (χ0) is 22.9. The van der Waals surface area contributed by atoms with Crippen LogP contribution in [0.15, 0.2) is 42.5 Å². The average Bonchev–Trinajstić information content (AvgIpc) is 2.66. The number of benzene rings is 2. The highest BCUT2D eigenvalue weighted by Gasteiger charge is 2.34. The Hall–Kier alpha value is -3.54.